The summed E-state index contributed by atoms with van der Waals surface area (Å²) in [6.07, 6.45) is -1.49. The number of thiazole rings is 1. The number of hydrogen-bond acceptors (Lipinski definition) is 5. The number of alkyl halides is 3. The summed E-state index contributed by atoms with van der Waals surface area (Å²) < 4.78 is 45.7. The van der Waals surface area contributed by atoms with Gasteiger partial charge in [-0.1, -0.05) is 15.9 Å². The predicted molar refractivity (Wildman–Crippen MR) is 97.5 cm³/mol. The lowest BCUT2D eigenvalue weighted by Gasteiger charge is -2.09. The number of hydrogen-bond donors (Lipinski definition) is 0. The molecule has 0 amide bonds. The highest BCUT2D eigenvalue weighted by atomic mass is 79.9. The predicted octanol–water partition coefficient (Wildman–Crippen LogP) is 5.01. The summed E-state index contributed by atoms with van der Waals surface area (Å²) >= 11 is 4.41. The van der Waals surface area contributed by atoms with Gasteiger partial charge in [-0.15, -0.1) is 11.3 Å². The number of carbonyl (C=O) groups excluding carboxylic acids is 1. The van der Waals surface area contributed by atoms with Crippen molar-refractivity contribution in [2.75, 3.05) is 6.61 Å². The van der Waals surface area contributed by atoms with Crippen LogP contribution in [0.15, 0.2) is 40.4 Å². The fourth-order valence-electron chi connectivity index (χ4n) is 2.33. The monoisotopic (exact) mass is 459 g/mol. The maximum Gasteiger partial charge on any atom is 0.416 e. The number of rotatable bonds is 5. The molecule has 142 valence electrons. The summed E-state index contributed by atoms with van der Waals surface area (Å²) in [5, 5.41) is 6.42. The molecule has 0 aliphatic rings. The van der Waals surface area contributed by atoms with Crippen LogP contribution in [-0.4, -0.2) is 27.3 Å². The summed E-state index contributed by atoms with van der Waals surface area (Å²) in [5.74, 6) is -0.461. The van der Waals surface area contributed by atoms with E-state index in [9.17, 15) is 18.0 Å². The van der Waals surface area contributed by atoms with Crippen LogP contribution in [0.2, 0.25) is 0 Å². The number of halogens is 4. The number of carbonyl (C=O) groups is 1. The van der Waals surface area contributed by atoms with Crippen molar-refractivity contribution >= 4 is 33.2 Å². The number of nitrogens with zero attached hydrogens (tertiary/aromatic N) is 3. The average Bonchev–Trinajstić information content (AvgIpc) is 3.24. The molecule has 0 spiro atoms. The zero-order chi connectivity index (χ0) is 19.6. The van der Waals surface area contributed by atoms with Crippen LogP contribution in [0.5, 0.6) is 0 Å². The number of aromatic nitrogens is 3. The normalized spacial score (nSPS) is 11.6. The maximum absolute atomic E-state index is 13.0. The summed E-state index contributed by atoms with van der Waals surface area (Å²) in [5.41, 5.74) is 0.398. The number of benzene rings is 1. The highest BCUT2D eigenvalue weighted by Crippen LogP contribution is 2.35. The van der Waals surface area contributed by atoms with Gasteiger partial charge in [0, 0.05) is 21.6 Å². The summed E-state index contributed by atoms with van der Waals surface area (Å²) in [6.45, 7) is 2.28. The smallest absolute Gasteiger partial charge is 0.416 e. The molecule has 0 unspecified atom stereocenters. The third kappa shape index (κ3) is 4.75. The summed E-state index contributed by atoms with van der Waals surface area (Å²) in [7, 11) is 0. The molecule has 0 saturated heterocycles. The van der Waals surface area contributed by atoms with Crippen molar-refractivity contribution in [2.24, 2.45) is 0 Å². The van der Waals surface area contributed by atoms with E-state index in [2.05, 4.69) is 26.0 Å². The molecular formula is C17H13BrF3N3O2S. The van der Waals surface area contributed by atoms with Gasteiger partial charge in [-0.05, 0) is 25.1 Å². The average molecular weight is 460 g/mol. The van der Waals surface area contributed by atoms with E-state index in [0.717, 1.165) is 12.1 Å². The molecular weight excluding hydrogens is 447 g/mol. The number of esters is 1. The Bertz CT molecular complexity index is 968. The van der Waals surface area contributed by atoms with Crippen molar-refractivity contribution in [3.63, 3.8) is 0 Å². The van der Waals surface area contributed by atoms with Crippen molar-refractivity contribution in [3.8, 4) is 11.3 Å². The second-order valence-corrected chi connectivity index (χ2v) is 7.36. The Labute approximate surface area is 164 Å². The lowest BCUT2D eigenvalue weighted by molar-refractivity contribution is -0.137. The van der Waals surface area contributed by atoms with Crippen molar-refractivity contribution in [2.45, 2.75) is 19.6 Å². The van der Waals surface area contributed by atoms with Gasteiger partial charge in [-0.2, -0.15) is 18.3 Å². The van der Waals surface area contributed by atoms with Gasteiger partial charge in [0.05, 0.1) is 36.2 Å². The first-order valence-corrected chi connectivity index (χ1v) is 9.45. The topological polar surface area (TPSA) is 57.0 Å². The molecule has 2 aromatic heterocycles. The van der Waals surface area contributed by atoms with Gasteiger partial charge < -0.3 is 4.74 Å². The molecule has 3 rings (SSSR count). The standard InChI is InChI=1S/C17H13BrF3N3O2S/c1-2-26-16(25)11-6-22-24(7-11)8-15-23-14(9-27-15)10-3-12(17(19,20)21)5-13(18)4-10/h3-7,9H,2,8H2,1H3. The second kappa shape index (κ2) is 7.81. The highest BCUT2D eigenvalue weighted by Gasteiger charge is 2.31. The van der Waals surface area contributed by atoms with Gasteiger partial charge >= 0.3 is 12.1 Å². The third-order valence-electron chi connectivity index (χ3n) is 3.51. The SMILES string of the molecule is CCOC(=O)c1cnn(Cc2nc(-c3cc(Br)cc(C(F)(F)F)c3)cs2)c1. The van der Waals surface area contributed by atoms with Crippen LogP contribution in [0, 0.1) is 0 Å². The van der Waals surface area contributed by atoms with Crippen LogP contribution in [0.4, 0.5) is 13.2 Å². The van der Waals surface area contributed by atoms with E-state index in [1.54, 1.807) is 24.6 Å². The van der Waals surface area contributed by atoms with Crippen LogP contribution >= 0.6 is 27.3 Å². The molecule has 0 fully saturated rings. The molecule has 0 radical (unpaired) electrons. The van der Waals surface area contributed by atoms with Crippen LogP contribution in [0.1, 0.15) is 27.9 Å². The van der Waals surface area contributed by atoms with Crippen LogP contribution in [0.3, 0.4) is 0 Å². The van der Waals surface area contributed by atoms with Gasteiger partial charge in [-0.25, -0.2) is 9.78 Å². The molecule has 3 aromatic rings. The van der Waals surface area contributed by atoms with Crippen molar-refractivity contribution < 1.29 is 22.7 Å². The Morgan fingerprint density at radius 2 is 2.11 bits per heavy atom. The largest absolute Gasteiger partial charge is 0.462 e. The fraction of sp³-hybridized carbons (Fsp3) is 0.235. The zero-order valence-electron chi connectivity index (χ0n) is 14.0. The maximum atomic E-state index is 13.0. The van der Waals surface area contributed by atoms with Gasteiger partial charge in [0.15, 0.2) is 0 Å². The molecule has 0 bridgehead atoms. The van der Waals surface area contributed by atoms with Crippen molar-refractivity contribution in [1.29, 1.82) is 0 Å². The van der Waals surface area contributed by atoms with Gasteiger partial charge in [0.25, 0.3) is 0 Å². The molecule has 5 nitrogen and oxygen atoms in total. The van der Waals surface area contributed by atoms with E-state index in [0.29, 0.717) is 32.8 Å². The first-order valence-electron chi connectivity index (χ1n) is 7.78. The Morgan fingerprint density at radius 3 is 2.81 bits per heavy atom. The van der Waals surface area contributed by atoms with Crippen LogP contribution in [-0.2, 0) is 17.5 Å². The molecule has 0 N–H and O–H groups in total. The van der Waals surface area contributed by atoms with Gasteiger partial charge in [0.2, 0.25) is 0 Å². The minimum Gasteiger partial charge on any atom is -0.462 e. The Hall–Kier alpha value is -2.20. The van der Waals surface area contributed by atoms with E-state index in [1.807, 2.05) is 0 Å². The van der Waals surface area contributed by atoms with Crippen molar-refractivity contribution in [3.05, 3.63) is 56.6 Å². The molecule has 0 atom stereocenters. The zero-order valence-corrected chi connectivity index (χ0v) is 16.4. The molecule has 10 heteroatoms. The van der Waals surface area contributed by atoms with Crippen LogP contribution < -0.4 is 0 Å². The first kappa shape index (κ1) is 19.6. The number of ether oxygens (including phenoxy) is 1. The Balaban J connectivity index is 1.80. The fourth-order valence-corrected chi connectivity index (χ4v) is 3.61. The minimum absolute atomic E-state index is 0.270. The molecule has 0 saturated carbocycles. The van der Waals surface area contributed by atoms with Crippen LogP contribution in [0.25, 0.3) is 11.3 Å². The molecule has 1 aromatic carbocycles. The van der Waals surface area contributed by atoms with E-state index in [1.165, 1.54) is 22.2 Å². The quantitative estimate of drug-likeness (QED) is 0.503. The molecule has 0 aliphatic heterocycles. The van der Waals surface area contributed by atoms with Crippen molar-refractivity contribution in [1.82, 2.24) is 14.8 Å². The first-order chi connectivity index (χ1) is 12.8. The van der Waals surface area contributed by atoms with Gasteiger partial charge in [-0.3, -0.25) is 4.68 Å². The molecule has 27 heavy (non-hydrogen) atoms. The minimum atomic E-state index is -4.43. The molecule has 2 heterocycles. The van der Waals surface area contributed by atoms with E-state index >= 15 is 0 Å². The lowest BCUT2D eigenvalue weighted by Crippen LogP contribution is -2.05. The Kier molecular flexibility index (Phi) is 5.66. The summed E-state index contributed by atoms with van der Waals surface area (Å²) in [4.78, 5) is 16.0. The van der Waals surface area contributed by atoms with E-state index < -0.39 is 17.7 Å². The van der Waals surface area contributed by atoms with Gasteiger partial charge in [0.1, 0.15) is 5.01 Å². The molecule has 0 aliphatic carbocycles. The lowest BCUT2D eigenvalue weighted by atomic mass is 10.1. The second-order valence-electron chi connectivity index (χ2n) is 5.50. The summed E-state index contributed by atoms with van der Waals surface area (Å²) in [6, 6.07) is 3.68. The Morgan fingerprint density at radius 1 is 1.33 bits per heavy atom. The third-order valence-corrected chi connectivity index (χ3v) is 4.81. The highest BCUT2D eigenvalue weighted by molar-refractivity contribution is 9.10. The van der Waals surface area contributed by atoms with E-state index in [-0.39, 0.29) is 6.61 Å². The van der Waals surface area contributed by atoms with E-state index in [4.69, 9.17) is 4.74 Å².